The Balaban J connectivity index is 1.32. The van der Waals surface area contributed by atoms with Gasteiger partial charge in [0.25, 0.3) is 0 Å². The molecule has 2 heterocycles. The van der Waals surface area contributed by atoms with Crippen molar-refractivity contribution >= 4 is 42.2 Å². The molecule has 0 aliphatic rings. The Morgan fingerprint density at radius 3 is 2.86 bits per heavy atom. The highest BCUT2D eigenvalue weighted by atomic mass is 32.2. The van der Waals surface area contributed by atoms with E-state index in [9.17, 15) is 8.42 Å². The van der Waals surface area contributed by atoms with Crippen molar-refractivity contribution in [1.82, 2.24) is 15.0 Å². The Labute approximate surface area is 174 Å². The van der Waals surface area contributed by atoms with E-state index in [1.165, 1.54) is 15.6 Å². The Hall–Kier alpha value is -2.32. The fourth-order valence-electron chi connectivity index (χ4n) is 3.37. The molecule has 1 atom stereocenters. The van der Waals surface area contributed by atoms with Gasteiger partial charge in [0.05, 0.1) is 4.90 Å². The lowest BCUT2D eigenvalue weighted by Crippen LogP contribution is -2.40. The standard InChI is InChI=1S/C22H23N3O2S2/c1-16(13-23-11-9-19-15-28-22-5-3-2-4-21(19)22)25-29(26,27)20-7-6-18-14-24-10-8-17(18)12-20/h2-8,10,12,14-16,23,25H,9,11,13H2,1H3. The summed E-state index contributed by atoms with van der Waals surface area (Å²) in [5.74, 6) is 0. The molecule has 0 bridgehead atoms. The molecule has 0 radical (unpaired) electrons. The fraction of sp³-hybridized carbons (Fsp3) is 0.227. The molecule has 2 N–H and O–H groups in total. The predicted octanol–water partition coefficient (Wildman–Crippen LogP) is 3.95. The molecule has 5 nitrogen and oxygen atoms in total. The molecule has 0 spiro atoms. The number of hydrogen-bond donors (Lipinski definition) is 2. The third-order valence-electron chi connectivity index (χ3n) is 4.86. The molecule has 2 aromatic carbocycles. The second-order valence-electron chi connectivity index (χ2n) is 7.12. The van der Waals surface area contributed by atoms with Crippen LogP contribution in [0, 0.1) is 0 Å². The van der Waals surface area contributed by atoms with Crippen LogP contribution in [0.2, 0.25) is 0 Å². The lowest BCUT2D eigenvalue weighted by molar-refractivity contribution is 0.537. The number of sulfonamides is 1. The lowest BCUT2D eigenvalue weighted by atomic mass is 10.1. The minimum atomic E-state index is -3.57. The van der Waals surface area contributed by atoms with E-state index in [2.05, 4.69) is 44.7 Å². The summed E-state index contributed by atoms with van der Waals surface area (Å²) in [5, 5.41) is 8.65. The second kappa shape index (κ2) is 8.59. The first-order valence-corrected chi connectivity index (χ1v) is 11.9. The van der Waals surface area contributed by atoms with Crippen LogP contribution in [0.4, 0.5) is 0 Å². The number of nitrogens with zero attached hydrogens (tertiary/aromatic N) is 1. The molecule has 29 heavy (non-hydrogen) atoms. The Morgan fingerprint density at radius 2 is 1.97 bits per heavy atom. The Kier molecular flexibility index (Phi) is 5.91. The predicted molar refractivity (Wildman–Crippen MR) is 120 cm³/mol. The molecule has 0 aliphatic carbocycles. The molecule has 0 aliphatic heterocycles. The van der Waals surface area contributed by atoms with E-state index in [1.54, 1.807) is 41.9 Å². The number of aromatic nitrogens is 1. The largest absolute Gasteiger partial charge is 0.315 e. The van der Waals surface area contributed by atoms with Crippen LogP contribution in [0.5, 0.6) is 0 Å². The zero-order valence-electron chi connectivity index (χ0n) is 16.1. The topological polar surface area (TPSA) is 71.1 Å². The summed E-state index contributed by atoms with van der Waals surface area (Å²) in [5.41, 5.74) is 1.33. The lowest BCUT2D eigenvalue weighted by Gasteiger charge is -2.15. The normalized spacial score (nSPS) is 13.1. The first kappa shape index (κ1) is 20.0. The molecule has 7 heteroatoms. The number of thiophene rings is 1. The zero-order chi connectivity index (χ0) is 20.3. The van der Waals surface area contributed by atoms with E-state index in [4.69, 9.17) is 0 Å². The highest BCUT2D eigenvalue weighted by Gasteiger charge is 2.17. The molecule has 4 aromatic rings. The van der Waals surface area contributed by atoms with E-state index in [0.29, 0.717) is 6.54 Å². The van der Waals surface area contributed by atoms with Crippen molar-refractivity contribution < 1.29 is 8.42 Å². The van der Waals surface area contributed by atoms with Gasteiger partial charge in [0.2, 0.25) is 10.0 Å². The summed E-state index contributed by atoms with van der Waals surface area (Å²) in [7, 11) is -3.57. The van der Waals surface area contributed by atoms with Crippen LogP contribution in [-0.4, -0.2) is 32.5 Å². The van der Waals surface area contributed by atoms with Gasteiger partial charge in [-0.05, 0) is 65.9 Å². The Bertz CT molecular complexity index is 1240. The van der Waals surface area contributed by atoms with Gasteiger partial charge in [-0.1, -0.05) is 24.3 Å². The van der Waals surface area contributed by atoms with Crippen molar-refractivity contribution in [3.05, 3.63) is 71.9 Å². The molecule has 0 saturated heterocycles. The summed E-state index contributed by atoms with van der Waals surface area (Å²) in [6, 6.07) is 15.1. The van der Waals surface area contributed by atoms with Gasteiger partial charge in [-0.25, -0.2) is 13.1 Å². The monoisotopic (exact) mass is 425 g/mol. The highest BCUT2D eigenvalue weighted by molar-refractivity contribution is 7.89. The number of pyridine rings is 1. The van der Waals surface area contributed by atoms with E-state index in [1.807, 2.05) is 13.0 Å². The number of hydrogen-bond acceptors (Lipinski definition) is 5. The summed E-state index contributed by atoms with van der Waals surface area (Å²) in [6.07, 6.45) is 4.31. The van der Waals surface area contributed by atoms with Crippen LogP contribution in [0.25, 0.3) is 20.9 Å². The first-order valence-electron chi connectivity index (χ1n) is 9.55. The van der Waals surface area contributed by atoms with Gasteiger partial charge >= 0.3 is 0 Å². The van der Waals surface area contributed by atoms with E-state index in [-0.39, 0.29) is 10.9 Å². The van der Waals surface area contributed by atoms with E-state index >= 15 is 0 Å². The van der Waals surface area contributed by atoms with Crippen LogP contribution < -0.4 is 10.0 Å². The van der Waals surface area contributed by atoms with Gasteiger partial charge in [-0.2, -0.15) is 0 Å². The van der Waals surface area contributed by atoms with Crippen molar-refractivity contribution in [2.45, 2.75) is 24.3 Å². The van der Waals surface area contributed by atoms with Crippen molar-refractivity contribution in [2.75, 3.05) is 13.1 Å². The van der Waals surface area contributed by atoms with Crippen molar-refractivity contribution in [3.63, 3.8) is 0 Å². The number of benzene rings is 2. The quantitative estimate of drug-likeness (QED) is 0.419. The van der Waals surface area contributed by atoms with Crippen molar-refractivity contribution in [2.24, 2.45) is 0 Å². The summed E-state index contributed by atoms with van der Waals surface area (Å²) in [4.78, 5) is 4.33. The third kappa shape index (κ3) is 4.64. The Morgan fingerprint density at radius 1 is 1.10 bits per heavy atom. The van der Waals surface area contributed by atoms with Gasteiger partial charge in [0, 0.05) is 35.1 Å². The smallest absolute Gasteiger partial charge is 0.240 e. The molecular formula is C22H23N3O2S2. The average molecular weight is 426 g/mol. The molecule has 0 saturated carbocycles. The van der Waals surface area contributed by atoms with Gasteiger partial charge < -0.3 is 5.32 Å². The average Bonchev–Trinajstić information content (AvgIpc) is 3.14. The minimum Gasteiger partial charge on any atom is -0.315 e. The van der Waals surface area contributed by atoms with Gasteiger partial charge in [-0.15, -0.1) is 11.3 Å². The van der Waals surface area contributed by atoms with Crippen LogP contribution in [0.15, 0.2) is 71.2 Å². The number of rotatable bonds is 8. The molecule has 150 valence electrons. The first-order chi connectivity index (χ1) is 14.0. The highest BCUT2D eigenvalue weighted by Crippen LogP contribution is 2.25. The summed E-state index contributed by atoms with van der Waals surface area (Å²) >= 11 is 1.76. The van der Waals surface area contributed by atoms with Gasteiger partial charge in [0.15, 0.2) is 0 Å². The minimum absolute atomic E-state index is 0.215. The van der Waals surface area contributed by atoms with Crippen LogP contribution in [0.1, 0.15) is 12.5 Å². The third-order valence-corrected chi connectivity index (χ3v) is 7.46. The molecular weight excluding hydrogens is 402 g/mol. The zero-order valence-corrected chi connectivity index (χ0v) is 17.8. The summed E-state index contributed by atoms with van der Waals surface area (Å²) in [6.45, 7) is 3.24. The maximum absolute atomic E-state index is 12.7. The van der Waals surface area contributed by atoms with Gasteiger partial charge in [0.1, 0.15) is 0 Å². The van der Waals surface area contributed by atoms with Crippen LogP contribution in [-0.2, 0) is 16.4 Å². The maximum atomic E-state index is 12.7. The molecule has 4 rings (SSSR count). The SMILES string of the molecule is CC(CNCCc1csc2ccccc12)NS(=O)(=O)c1ccc2cnccc2c1. The molecule has 2 aromatic heterocycles. The van der Waals surface area contributed by atoms with Crippen LogP contribution >= 0.6 is 11.3 Å². The summed E-state index contributed by atoms with van der Waals surface area (Å²) < 4.78 is 29.5. The maximum Gasteiger partial charge on any atom is 0.240 e. The molecule has 1 unspecified atom stereocenters. The van der Waals surface area contributed by atoms with E-state index < -0.39 is 10.0 Å². The molecule has 0 fully saturated rings. The fourth-order valence-corrected chi connectivity index (χ4v) is 5.65. The second-order valence-corrected chi connectivity index (χ2v) is 9.74. The van der Waals surface area contributed by atoms with Crippen LogP contribution in [0.3, 0.4) is 0 Å². The molecule has 0 amide bonds. The van der Waals surface area contributed by atoms with Crippen molar-refractivity contribution in [3.8, 4) is 0 Å². The van der Waals surface area contributed by atoms with Crippen molar-refractivity contribution in [1.29, 1.82) is 0 Å². The number of fused-ring (bicyclic) bond motifs is 2. The van der Waals surface area contributed by atoms with E-state index in [0.717, 1.165) is 23.7 Å². The van der Waals surface area contributed by atoms with Gasteiger partial charge in [-0.3, -0.25) is 4.98 Å². The number of nitrogens with one attached hydrogen (secondary N) is 2.